The first-order valence-electron chi connectivity index (χ1n) is 5.87. The minimum Gasteiger partial charge on any atom is -0.398 e. The Labute approximate surface area is 111 Å². The van der Waals surface area contributed by atoms with Gasteiger partial charge in [-0.15, -0.1) is 0 Å². The first-order valence-corrected chi connectivity index (χ1v) is 5.87. The summed E-state index contributed by atoms with van der Waals surface area (Å²) >= 11 is 0. The number of hydrogen-bond donors (Lipinski definition) is 1. The molecule has 96 valence electrons. The molecule has 0 amide bonds. The molecule has 0 aliphatic rings. The van der Waals surface area contributed by atoms with E-state index in [1.165, 1.54) is 6.07 Å². The third kappa shape index (κ3) is 2.66. The summed E-state index contributed by atoms with van der Waals surface area (Å²) in [7, 11) is 1.78. The van der Waals surface area contributed by atoms with E-state index < -0.39 is 0 Å². The monoisotopic (exact) mass is 255 g/mol. The van der Waals surface area contributed by atoms with Gasteiger partial charge in [0.05, 0.1) is 18.2 Å². The van der Waals surface area contributed by atoms with Crippen molar-refractivity contribution < 1.29 is 4.39 Å². The van der Waals surface area contributed by atoms with Crippen LogP contribution in [0.15, 0.2) is 42.5 Å². The SMILES string of the molecule is CN(c1ccc(N)c(CC#N)c1)c1ccccc1F. The number of nitrogen functional groups attached to an aromatic ring is 1. The fraction of sp³-hybridized carbons (Fsp3) is 0.133. The minimum atomic E-state index is -0.288. The van der Waals surface area contributed by atoms with Gasteiger partial charge in [0.15, 0.2) is 0 Å². The van der Waals surface area contributed by atoms with Crippen LogP contribution in [-0.2, 0) is 6.42 Å². The van der Waals surface area contributed by atoms with Gasteiger partial charge < -0.3 is 10.6 Å². The first-order chi connectivity index (χ1) is 9.13. The van der Waals surface area contributed by atoms with E-state index in [-0.39, 0.29) is 12.2 Å². The second-order valence-electron chi connectivity index (χ2n) is 4.23. The Balaban J connectivity index is 2.40. The van der Waals surface area contributed by atoms with E-state index in [0.717, 1.165) is 11.3 Å². The number of hydrogen-bond acceptors (Lipinski definition) is 3. The molecule has 0 bridgehead atoms. The molecule has 3 nitrogen and oxygen atoms in total. The Morgan fingerprint density at radius 2 is 2.00 bits per heavy atom. The van der Waals surface area contributed by atoms with Crippen LogP contribution in [0.1, 0.15) is 5.56 Å². The van der Waals surface area contributed by atoms with Gasteiger partial charge in [0.1, 0.15) is 5.82 Å². The zero-order valence-corrected chi connectivity index (χ0v) is 10.6. The number of nitrogens with two attached hydrogens (primary N) is 1. The molecule has 0 saturated carbocycles. The summed E-state index contributed by atoms with van der Waals surface area (Å²) in [6, 6.07) is 14.0. The molecule has 0 saturated heterocycles. The number of halogens is 1. The van der Waals surface area contributed by atoms with Crippen LogP contribution >= 0.6 is 0 Å². The fourth-order valence-electron chi connectivity index (χ4n) is 1.90. The molecule has 4 heteroatoms. The molecule has 0 radical (unpaired) electrons. The zero-order chi connectivity index (χ0) is 13.8. The third-order valence-corrected chi connectivity index (χ3v) is 3.00. The van der Waals surface area contributed by atoms with Crippen molar-refractivity contribution in [3.63, 3.8) is 0 Å². The van der Waals surface area contributed by atoms with Gasteiger partial charge in [0, 0.05) is 18.4 Å². The van der Waals surface area contributed by atoms with Gasteiger partial charge in [0.25, 0.3) is 0 Å². The van der Waals surface area contributed by atoms with Crippen LogP contribution < -0.4 is 10.6 Å². The van der Waals surface area contributed by atoms with Crippen LogP contribution in [0, 0.1) is 17.1 Å². The van der Waals surface area contributed by atoms with Crippen molar-refractivity contribution in [1.29, 1.82) is 5.26 Å². The lowest BCUT2D eigenvalue weighted by molar-refractivity contribution is 0.627. The van der Waals surface area contributed by atoms with Gasteiger partial charge in [0.2, 0.25) is 0 Å². The highest BCUT2D eigenvalue weighted by Crippen LogP contribution is 2.28. The molecular weight excluding hydrogens is 241 g/mol. The zero-order valence-electron chi connectivity index (χ0n) is 10.6. The molecule has 2 aromatic rings. The minimum absolute atomic E-state index is 0.241. The van der Waals surface area contributed by atoms with Gasteiger partial charge in [-0.3, -0.25) is 0 Å². The summed E-state index contributed by atoms with van der Waals surface area (Å²) < 4.78 is 13.7. The van der Waals surface area contributed by atoms with E-state index in [9.17, 15) is 4.39 Å². The Hall–Kier alpha value is -2.54. The van der Waals surface area contributed by atoms with Crippen LogP contribution in [0.2, 0.25) is 0 Å². The molecule has 0 fully saturated rings. The van der Waals surface area contributed by atoms with Crippen molar-refractivity contribution in [2.24, 2.45) is 0 Å². The van der Waals surface area contributed by atoms with Crippen molar-refractivity contribution in [2.75, 3.05) is 17.7 Å². The lowest BCUT2D eigenvalue weighted by Gasteiger charge is -2.21. The topological polar surface area (TPSA) is 53.0 Å². The first kappa shape index (κ1) is 12.9. The van der Waals surface area contributed by atoms with Crippen LogP contribution in [0.5, 0.6) is 0 Å². The number of benzene rings is 2. The summed E-state index contributed by atoms with van der Waals surface area (Å²) in [5, 5.41) is 8.76. The third-order valence-electron chi connectivity index (χ3n) is 3.00. The van der Waals surface area contributed by atoms with E-state index in [0.29, 0.717) is 11.4 Å². The maximum atomic E-state index is 13.7. The standard InChI is InChI=1S/C15H14FN3/c1-19(15-5-3-2-4-13(15)16)12-6-7-14(18)11(10-12)8-9-17/h2-7,10H,8,18H2,1H3. The highest BCUT2D eigenvalue weighted by molar-refractivity contribution is 5.67. The van der Waals surface area contributed by atoms with Crippen LogP contribution in [0.4, 0.5) is 21.5 Å². The van der Waals surface area contributed by atoms with Crippen LogP contribution in [0.25, 0.3) is 0 Å². The summed E-state index contributed by atoms with van der Waals surface area (Å²) in [5.41, 5.74) is 8.41. The number of rotatable bonds is 3. The highest BCUT2D eigenvalue weighted by Gasteiger charge is 2.10. The molecule has 0 aliphatic heterocycles. The summed E-state index contributed by atoms with van der Waals surface area (Å²) in [6.07, 6.45) is 0.241. The van der Waals surface area contributed by atoms with Crippen molar-refractivity contribution in [3.05, 3.63) is 53.8 Å². The van der Waals surface area contributed by atoms with Crippen LogP contribution in [-0.4, -0.2) is 7.05 Å². The van der Waals surface area contributed by atoms with E-state index in [1.807, 2.05) is 12.1 Å². The molecule has 2 aromatic carbocycles. The van der Waals surface area contributed by atoms with Crippen molar-refractivity contribution in [1.82, 2.24) is 0 Å². The van der Waals surface area contributed by atoms with Gasteiger partial charge in [-0.05, 0) is 35.9 Å². The largest absolute Gasteiger partial charge is 0.398 e. The van der Waals surface area contributed by atoms with Crippen molar-refractivity contribution in [2.45, 2.75) is 6.42 Å². The second kappa shape index (κ2) is 5.40. The summed E-state index contributed by atoms with van der Waals surface area (Å²) in [6.45, 7) is 0. The maximum absolute atomic E-state index is 13.7. The Morgan fingerprint density at radius 3 is 2.68 bits per heavy atom. The van der Waals surface area contributed by atoms with E-state index in [4.69, 9.17) is 11.0 Å². The van der Waals surface area contributed by atoms with E-state index in [1.54, 1.807) is 36.2 Å². The highest BCUT2D eigenvalue weighted by atomic mass is 19.1. The smallest absolute Gasteiger partial charge is 0.146 e. The fourth-order valence-corrected chi connectivity index (χ4v) is 1.90. The predicted octanol–water partition coefficient (Wildman–Crippen LogP) is 3.24. The number of nitrogens with zero attached hydrogens (tertiary/aromatic N) is 2. The lowest BCUT2D eigenvalue weighted by Crippen LogP contribution is -2.11. The Morgan fingerprint density at radius 1 is 1.26 bits per heavy atom. The van der Waals surface area contributed by atoms with Gasteiger partial charge in [-0.1, -0.05) is 12.1 Å². The summed E-state index contributed by atoms with van der Waals surface area (Å²) in [4.78, 5) is 1.73. The van der Waals surface area contributed by atoms with Gasteiger partial charge in [-0.2, -0.15) is 5.26 Å². The molecule has 0 unspecified atom stereocenters. The molecular formula is C15H14FN3. The van der Waals surface area contributed by atoms with Crippen molar-refractivity contribution >= 4 is 17.1 Å². The predicted molar refractivity (Wildman–Crippen MR) is 74.6 cm³/mol. The molecule has 0 atom stereocenters. The molecule has 0 spiro atoms. The number of nitriles is 1. The number of anilines is 3. The Bertz CT molecular complexity index is 632. The average molecular weight is 255 g/mol. The molecule has 0 aliphatic carbocycles. The van der Waals surface area contributed by atoms with Gasteiger partial charge in [-0.25, -0.2) is 4.39 Å². The summed E-state index contributed by atoms with van der Waals surface area (Å²) in [5.74, 6) is -0.288. The lowest BCUT2D eigenvalue weighted by atomic mass is 10.1. The quantitative estimate of drug-likeness (QED) is 0.856. The Kier molecular flexibility index (Phi) is 3.67. The second-order valence-corrected chi connectivity index (χ2v) is 4.23. The van der Waals surface area contributed by atoms with Gasteiger partial charge >= 0.3 is 0 Å². The van der Waals surface area contributed by atoms with E-state index >= 15 is 0 Å². The average Bonchev–Trinajstić information content (AvgIpc) is 2.41. The maximum Gasteiger partial charge on any atom is 0.146 e. The van der Waals surface area contributed by atoms with E-state index in [2.05, 4.69) is 6.07 Å². The molecule has 0 heterocycles. The molecule has 2 N–H and O–H groups in total. The van der Waals surface area contributed by atoms with Crippen molar-refractivity contribution in [3.8, 4) is 6.07 Å². The van der Waals surface area contributed by atoms with Crippen LogP contribution in [0.3, 0.4) is 0 Å². The normalized spacial score (nSPS) is 9.95. The number of para-hydroxylation sites is 1. The molecule has 0 aromatic heterocycles. The molecule has 2 rings (SSSR count). The molecule has 19 heavy (non-hydrogen) atoms.